The first-order valence-corrected chi connectivity index (χ1v) is 8.86. The number of nitrogens with two attached hydrogens (primary N) is 1. The van der Waals surface area contributed by atoms with Gasteiger partial charge in [-0.1, -0.05) is 0 Å². The van der Waals surface area contributed by atoms with Crippen LogP contribution in [0.4, 0.5) is 0 Å². The van der Waals surface area contributed by atoms with Crippen molar-refractivity contribution in [2.45, 2.75) is 38.8 Å². The molecule has 1 aliphatic rings. The van der Waals surface area contributed by atoms with Crippen LogP contribution in [0.2, 0.25) is 0 Å². The molecule has 1 fully saturated rings. The lowest BCUT2D eigenvalue weighted by atomic mass is 9.92. The fourth-order valence-electron chi connectivity index (χ4n) is 3.10. The van der Waals surface area contributed by atoms with Crippen LogP contribution in [0.25, 0.3) is 10.2 Å². The van der Waals surface area contributed by atoms with Gasteiger partial charge in [0.1, 0.15) is 4.83 Å². The molecule has 0 unspecified atom stereocenters. The molecule has 24 heavy (non-hydrogen) atoms. The van der Waals surface area contributed by atoms with Gasteiger partial charge >= 0.3 is 0 Å². The molecule has 2 N–H and O–H groups in total. The van der Waals surface area contributed by atoms with Crippen LogP contribution in [0.15, 0.2) is 22.6 Å². The van der Waals surface area contributed by atoms with Crippen LogP contribution in [0.3, 0.4) is 0 Å². The number of fused-ring (bicyclic) bond motifs is 1. The molecule has 128 valence electrons. The molecule has 8 heteroatoms. The summed E-state index contributed by atoms with van der Waals surface area (Å²) in [7, 11) is 0. The Kier molecular flexibility index (Phi) is 4.66. The Morgan fingerprint density at radius 1 is 1.42 bits per heavy atom. The Labute approximate surface area is 143 Å². The Balaban J connectivity index is 1.68. The average molecular weight is 348 g/mol. The van der Waals surface area contributed by atoms with E-state index in [2.05, 4.69) is 4.98 Å². The lowest BCUT2D eigenvalue weighted by Crippen LogP contribution is -2.48. The second-order valence-corrected chi connectivity index (χ2v) is 7.10. The number of aryl methyl sites for hydroxylation is 1. The summed E-state index contributed by atoms with van der Waals surface area (Å²) in [5, 5.41) is 2.41. The van der Waals surface area contributed by atoms with Gasteiger partial charge in [0.25, 0.3) is 5.56 Å². The molecule has 3 rings (SSSR count). The van der Waals surface area contributed by atoms with Crippen LogP contribution in [0.5, 0.6) is 0 Å². The zero-order valence-corrected chi connectivity index (χ0v) is 14.3. The normalized spacial score (nSPS) is 21.1. The highest BCUT2D eigenvalue weighted by Crippen LogP contribution is 2.22. The summed E-state index contributed by atoms with van der Waals surface area (Å²) in [4.78, 5) is 42.9. The molecular formula is C16H20N4O3S. The van der Waals surface area contributed by atoms with E-state index in [9.17, 15) is 14.4 Å². The number of likely N-dealkylation sites (tertiary alicyclic amines) is 1. The number of rotatable bonds is 4. The number of amides is 2. The number of carbonyl (C=O) groups is 2. The molecule has 0 spiro atoms. The maximum absolute atomic E-state index is 12.5. The summed E-state index contributed by atoms with van der Waals surface area (Å²) in [5.74, 6) is -0.703. The van der Waals surface area contributed by atoms with Gasteiger partial charge in [0.2, 0.25) is 11.8 Å². The lowest BCUT2D eigenvalue weighted by Gasteiger charge is -2.37. The van der Waals surface area contributed by atoms with Crippen molar-refractivity contribution in [3.63, 3.8) is 0 Å². The largest absolute Gasteiger partial charge is 0.369 e. The minimum atomic E-state index is -0.358. The van der Waals surface area contributed by atoms with Crippen molar-refractivity contribution >= 4 is 33.4 Å². The molecule has 0 saturated carbocycles. The van der Waals surface area contributed by atoms with E-state index in [-0.39, 0.29) is 42.3 Å². The highest BCUT2D eigenvalue weighted by atomic mass is 32.1. The zero-order chi connectivity index (χ0) is 17.3. The number of nitrogens with zero attached hydrogens (tertiary/aromatic N) is 3. The van der Waals surface area contributed by atoms with E-state index in [1.54, 1.807) is 11.0 Å². The SMILES string of the molecule is C[C@@H]1CC[C@H](C(N)=O)CN1C(=O)CCn1cnc2sccc2c1=O. The van der Waals surface area contributed by atoms with Crippen molar-refractivity contribution < 1.29 is 9.59 Å². The van der Waals surface area contributed by atoms with Crippen molar-refractivity contribution in [1.82, 2.24) is 14.5 Å². The summed E-state index contributed by atoms with van der Waals surface area (Å²) < 4.78 is 1.47. The number of carbonyl (C=O) groups excluding carboxylic acids is 2. The number of hydrogen-bond donors (Lipinski definition) is 1. The first-order chi connectivity index (χ1) is 11.5. The van der Waals surface area contributed by atoms with Gasteiger partial charge in [-0.05, 0) is 31.2 Å². The monoisotopic (exact) mass is 348 g/mol. The summed E-state index contributed by atoms with van der Waals surface area (Å²) >= 11 is 1.42. The smallest absolute Gasteiger partial charge is 0.262 e. The number of aromatic nitrogens is 2. The van der Waals surface area contributed by atoms with Crippen LogP contribution in [-0.2, 0) is 16.1 Å². The molecule has 1 saturated heterocycles. The molecule has 7 nitrogen and oxygen atoms in total. The number of thiophene rings is 1. The fraction of sp³-hybridized carbons (Fsp3) is 0.500. The van der Waals surface area contributed by atoms with Crippen molar-refractivity contribution in [2.24, 2.45) is 11.7 Å². The van der Waals surface area contributed by atoms with E-state index in [0.29, 0.717) is 16.8 Å². The van der Waals surface area contributed by atoms with Gasteiger partial charge in [-0.3, -0.25) is 19.0 Å². The van der Waals surface area contributed by atoms with Gasteiger partial charge < -0.3 is 10.6 Å². The molecule has 3 heterocycles. The summed E-state index contributed by atoms with van der Waals surface area (Å²) in [6.07, 6.45) is 3.17. The number of primary amides is 1. The molecule has 0 bridgehead atoms. The van der Waals surface area contributed by atoms with Crippen molar-refractivity contribution in [3.8, 4) is 0 Å². The van der Waals surface area contributed by atoms with Gasteiger partial charge in [-0.25, -0.2) is 4.98 Å². The van der Waals surface area contributed by atoms with Crippen molar-refractivity contribution in [2.75, 3.05) is 6.54 Å². The molecule has 0 aromatic carbocycles. The third-order valence-corrected chi connectivity index (χ3v) is 5.44. The molecule has 1 aliphatic heterocycles. The van der Waals surface area contributed by atoms with E-state index in [4.69, 9.17) is 5.73 Å². The molecular weight excluding hydrogens is 328 g/mol. The predicted molar refractivity (Wildman–Crippen MR) is 91.6 cm³/mol. The van der Waals surface area contributed by atoms with Gasteiger partial charge in [0.15, 0.2) is 0 Å². The third kappa shape index (κ3) is 3.19. The Bertz CT molecular complexity index is 828. The van der Waals surface area contributed by atoms with Crippen molar-refractivity contribution in [1.29, 1.82) is 0 Å². The van der Waals surface area contributed by atoms with E-state index in [1.807, 2.05) is 12.3 Å². The van der Waals surface area contributed by atoms with E-state index >= 15 is 0 Å². The molecule has 2 atom stereocenters. The Morgan fingerprint density at radius 3 is 2.96 bits per heavy atom. The highest BCUT2D eigenvalue weighted by molar-refractivity contribution is 7.16. The number of hydrogen-bond acceptors (Lipinski definition) is 5. The van der Waals surface area contributed by atoms with Crippen LogP contribution in [0.1, 0.15) is 26.2 Å². The lowest BCUT2D eigenvalue weighted by molar-refractivity contribution is -0.137. The second-order valence-electron chi connectivity index (χ2n) is 6.20. The standard InChI is InChI=1S/C16H20N4O3S/c1-10-2-3-11(14(17)22)8-20(10)13(21)4-6-19-9-18-15-12(16(19)23)5-7-24-15/h5,7,9-11H,2-4,6,8H2,1H3,(H2,17,22)/t10-,11+/m1/s1. The van der Waals surface area contributed by atoms with Gasteiger partial charge in [-0.2, -0.15) is 0 Å². The molecule has 2 aromatic rings. The van der Waals surface area contributed by atoms with E-state index in [0.717, 1.165) is 12.8 Å². The minimum absolute atomic E-state index is 0.0641. The predicted octanol–water partition coefficient (Wildman–Crippen LogP) is 0.960. The van der Waals surface area contributed by atoms with Crippen LogP contribution < -0.4 is 11.3 Å². The first kappa shape index (κ1) is 16.6. The zero-order valence-electron chi connectivity index (χ0n) is 13.5. The molecule has 2 amide bonds. The van der Waals surface area contributed by atoms with E-state index < -0.39 is 0 Å². The average Bonchev–Trinajstić information content (AvgIpc) is 3.03. The molecule has 0 radical (unpaired) electrons. The number of piperidine rings is 1. The topological polar surface area (TPSA) is 98.3 Å². The van der Waals surface area contributed by atoms with Crippen molar-refractivity contribution in [3.05, 3.63) is 28.1 Å². The second kappa shape index (κ2) is 6.72. The van der Waals surface area contributed by atoms with Gasteiger partial charge in [0, 0.05) is 25.6 Å². The Morgan fingerprint density at radius 2 is 2.21 bits per heavy atom. The van der Waals surface area contributed by atoms with Crippen LogP contribution in [-0.4, -0.2) is 38.9 Å². The van der Waals surface area contributed by atoms with Crippen LogP contribution in [0, 0.1) is 5.92 Å². The quantitative estimate of drug-likeness (QED) is 0.890. The third-order valence-electron chi connectivity index (χ3n) is 4.62. The maximum Gasteiger partial charge on any atom is 0.262 e. The summed E-state index contributed by atoms with van der Waals surface area (Å²) in [6.45, 7) is 2.62. The van der Waals surface area contributed by atoms with Gasteiger partial charge in [0.05, 0.1) is 17.6 Å². The maximum atomic E-state index is 12.5. The molecule has 0 aliphatic carbocycles. The summed E-state index contributed by atoms with van der Waals surface area (Å²) in [6, 6.07) is 1.83. The van der Waals surface area contributed by atoms with Gasteiger partial charge in [-0.15, -0.1) is 11.3 Å². The van der Waals surface area contributed by atoms with Crippen LogP contribution >= 0.6 is 11.3 Å². The minimum Gasteiger partial charge on any atom is -0.369 e. The summed E-state index contributed by atoms with van der Waals surface area (Å²) in [5.41, 5.74) is 5.24. The fourth-order valence-corrected chi connectivity index (χ4v) is 3.82. The highest BCUT2D eigenvalue weighted by Gasteiger charge is 2.31. The molecule has 2 aromatic heterocycles. The first-order valence-electron chi connectivity index (χ1n) is 7.99. The van der Waals surface area contributed by atoms with E-state index in [1.165, 1.54) is 22.2 Å². The Hall–Kier alpha value is -2.22.